The van der Waals surface area contributed by atoms with Crippen LogP contribution in [0.3, 0.4) is 0 Å². The summed E-state index contributed by atoms with van der Waals surface area (Å²) in [4.78, 5) is 7.00. The van der Waals surface area contributed by atoms with E-state index in [1.165, 1.54) is 32.4 Å². The predicted octanol–water partition coefficient (Wildman–Crippen LogP) is 2.69. The molecule has 0 spiro atoms. The molecule has 0 aliphatic carbocycles. The fraction of sp³-hybridized carbons (Fsp3) is 0.867. The van der Waals surface area contributed by atoms with Gasteiger partial charge in [0.1, 0.15) is 0 Å². The Morgan fingerprint density at radius 2 is 2.14 bits per heavy atom. The van der Waals surface area contributed by atoms with Crippen molar-refractivity contribution >= 4 is 24.8 Å². The van der Waals surface area contributed by atoms with Crippen molar-refractivity contribution in [2.24, 2.45) is 11.8 Å². The molecule has 0 aromatic carbocycles. The van der Waals surface area contributed by atoms with E-state index in [1.807, 2.05) is 0 Å². The van der Waals surface area contributed by atoms with Crippen molar-refractivity contribution in [1.82, 2.24) is 20.4 Å². The van der Waals surface area contributed by atoms with Crippen molar-refractivity contribution in [3.05, 3.63) is 11.7 Å². The molecule has 2 saturated heterocycles. The van der Waals surface area contributed by atoms with E-state index in [0.717, 1.165) is 43.2 Å². The summed E-state index contributed by atoms with van der Waals surface area (Å²) in [5, 5.41) is 7.78. The largest absolute Gasteiger partial charge is 0.339 e. The van der Waals surface area contributed by atoms with E-state index in [4.69, 9.17) is 4.52 Å². The first-order valence-corrected chi connectivity index (χ1v) is 7.98. The number of halogens is 2. The highest BCUT2D eigenvalue weighted by molar-refractivity contribution is 5.85. The molecule has 0 amide bonds. The molecule has 3 heterocycles. The average molecular weight is 351 g/mol. The van der Waals surface area contributed by atoms with E-state index in [9.17, 15) is 0 Å². The summed E-state index contributed by atoms with van der Waals surface area (Å²) in [5.41, 5.74) is 0. The summed E-state index contributed by atoms with van der Waals surface area (Å²) < 4.78 is 5.32. The van der Waals surface area contributed by atoms with Crippen LogP contribution in [-0.2, 0) is 13.0 Å². The molecule has 22 heavy (non-hydrogen) atoms. The van der Waals surface area contributed by atoms with Gasteiger partial charge in [0, 0.05) is 25.6 Å². The number of fused-ring (bicyclic) bond motifs is 1. The molecule has 0 unspecified atom stereocenters. The fourth-order valence-electron chi connectivity index (χ4n) is 3.45. The predicted molar refractivity (Wildman–Crippen MR) is 91.7 cm³/mol. The van der Waals surface area contributed by atoms with Gasteiger partial charge in [-0.15, -0.1) is 24.8 Å². The minimum absolute atomic E-state index is 0. The number of hydrogen-bond donors (Lipinski definition) is 1. The minimum atomic E-state index is 0. The van der Waals surface area contributed by atoms with Gasteiger partial charge in [-0.25, -0.2) is 0 Å². The molecule has 128 valence electrons. The van der Waals surface area contributed by atoms with Crippen LogP contribution in [0.5, 0.6) is 0 Å². The van der Waals surface area contributed by atoms with Gasteiger partial charge in [-0.05, 0) is 37.6 Å². The number of nitrogens with zero attached hydrogens (tertiary/aromatic N) is 3. The summed E-state index contributed by atoms with van der Waals surface area (Å²) in [5.74, 6) is 3.00. The Hall–Kier alpha value is -0.360. The summed E-state index contributed by atoms with van der Waals surface area (Å²) in [6.07, 6.45) is 4.80. The Kier molecular flexibility index (Phi) is 8.11. The van der Waals surface area contributed by atoms with Crippen LogP contribution in [0.15, 0.2) is 4.52 Å². The van der Waals surface area contributed by atoms with Crippen molar-refractivity contribution in [1.29, 1.82) is 0 Å². The monoisotopic (exact) mass is 350 g/mol. The van der Waals surface area contributed by atoms with Gasteiger partial charge in [-0.1, -0.05) is 19.0 Å². The van der Waals surface area contributed by atoms with Crippen LogP contribution in [0.2, 0.25) is 0 Å². The second-order valence-corrected chi connectivity index (χ2v) is 6.69. The minimum Gasteiger partial charge on any atom is -0.339 e. The first-order chi connectivity index (χ1) is 9.70. The maximum Gasteiger partial charge on any atom is 0.226 e. The molecule has 1 aromatic heterocycles. The lowest BCUT2D eigenvalue weighted by Gasteiger charge is -2.41. The highest BCUT2D eigenvalue weighted by Crippen LogP contribution is 2.25. The second kappa shape index (κ2) is 9.06. The Labute approximate surface area is 145 Å². The molecule has 1 N–H and O–H groups in total. The first kappa shape index (κ1) is 19.7. The quantitative estimate of drug-likeness (QED) is 0.904. The van der Waals surface area contributed by atoms with Crippen molar-refractivity contribution in [2.75, 3.05) is 19.6 Å². The van der Waals surface area contributed by atoms with Crippen LogP contribution in [0, 0.1) is 11.8 Å². The van der Waals surface area contributed by atoms with Gasteiger partial charge in [0.05, 0.1) is 6.54 Å². The van der Waals surface area contributed by atoms with Gasteiger partial charge in [0.25, 0.3) is 0 Å². The molecule has 2 atom stereocenters. The van der Waals surface area contributed by atoms with E-state index >= 15 is 0 Å². The lowest BCUT2D eigenvalue weighted by Crippen LogP contribution is -2.51. The van der Waals surface area contributed by atoms with E-state index < -0.39 is 0 Å². The molecule has 5 nitrogen and oxygen atoms in total. The zero-order valence-corrected chi connectivity index (χ0v) is 15.1. The van der Waals surface area contributed by atoms with Gasteiger partial charge in [0.15, 0.2) is 5.82 Å². The molecule has 0 radical (unpaired) electrons. The van der Waals surface area contributed by atoms with Crippen LogP contribution in [-0.4, -0.2) is 40.7 Å². The summed E-state index contributed by atoms with van der Waals surface area (Å²) in [6, 6.07) is 0.738. The topological polar surface area (TPSA) is 54.2 Å². The summed E-state index contributed by atoms with van der Waals surface area (Å²) >= 11 is 0. The second-order valence-electron chi connectivity index (χ2n) is 6.69. The summed E-state index contributed by atoms with van der Waals surface area (Å²) in [7, 11) is 0. The third-order valence-electron chi connectivity index (χ3n) is 4.43. The maximum absolute atomic E-state index is 5.32. The van der Waals surface area contributed by atoms with Gasteiger partial charge in [0.2, 0.25) is 5.89 Å². The molecule has 7 heteroatoms. The third-order valence-corrected chi connectivity index (χ3v) is 4.43. The van der Waals surface area contributed by atoms with Crippen LogP contribution in [0.1, 0.15) is 44.8 Å². The van der Waals surface area contributed by atoms with Crippen LogP contribution in [0.25, 0.3) is 0 Å². The highest BCUT2D eigenvalue weighted by atomic mass is 35.5. The normalized spacial score (nSPS) is 25.2. The Morgan fingerprint density at radius 3 is 2.91 bits per heavy atom. The molecule has 1 aromatic rings. The van der Waals surface area contributed by atoms with Crippen molar-refractivity contribution in [2.45, 2.75) is 52.1 Å². The molecule has 2 fully saturated rings. The fourth-order valence-corrected chi connectivity index (χ4v) is 3.45. The molecule has 2 aliphatic rings. The van der Waals surface area contributed by atoms with Crippen molar-refractivity contribution in [3.63, 3.8) is 0 Å². The SMILES string of the molecule is CC(C)Cc1nc(CN2CC[C@@H]3NCCC[C@@H]3C2)no1.Cl.Cl. The van der Waals surface area contributed by atoms with Gasteiger partial charge >= 0.3 is 0 Å². The molecule has 0 bridgehead atoms. The van der Waals surface area contributed by atoms with Crippen LogP contribution in [0.4, 0.5) is 0 Å². The van der Waals surface area contributed by atoms with E-state index in [-0.39, 0.29) is 24.8 Å². The Balaban J connectivity index is 0.00000121. The van der Waals surface area contributed by atoms with Crippen molar-refractivity contribution in [3.8, 4) is 0 Å². The highest BCUT2D eigenvalue weighted by Gasteiger charge is 2.31. The number of aromatic nitrogens is 2. The molecule has 2 aliphatic heterocycles. The molecule has 3 rings (SSSR count). The smallest absolute Gasteiger partial charge is 0.226 e. The van der Waals surface area contributed by atoms with E-state index in [0.29, 0.717) is 5.92 Å². The van der Waals surface area contributed by atoms with Gasteiger partial charge in [-0.2, -0.15) is 4.98 Å². The van der Waals surface area contributed by atoms with Crippen molar-refractivity contribution < 1.29 is 4.52 Å². The number of likely N-dealkylation sites (tertiary alicyclic amines) is 1. The van der Waals surface area contributed by atoms with Gasteiger partial charge < -0.3 is 9.84 Å². The van der Waals surface area contributed by atoms with E-state index in [2.05, 4.69) is 34.2 Å². The lowest BCUT2D eigenvalue weighted by atomic mass is 9.85. The Bertz CT molecular complexity index is 441. The average Bonchev–Trinajstić information content (AvgIpc) is 2.85. The standard InChI is InChI=1S/C15H26N4O.2ClH/c1-11(2)8-15-17-14(18-20-15)10-19-7-5-13-12(9-19)4-3-6-16-13;;/h11-13,16H,3-10H2,1-2H3;2*1H/t12-,13+;;/m1../s1. The molecule has 0 saturated carbocycles. The number of rotatable bonds is 4. The lowest BCUT2D eigenvalue weighted by molar-refractivity contribution is 0.106. The Morgan fingerprint density at radius 1 is 1.32 bits per heavy atom. The number of nitrogens with one attached hydrogen (secondary N) is 1. The maximum atomic E-state index is 5.32. The number of piperidine rings is 2. The zero-order chi connectivity index (χ0) is 13.9. The molecular formula is C15H28Cl2N4O. The number of hydrogen-bond acceptors (Lipinski definition) is 5. The zero-order valence-electron chi connectivity index (χ0n) is 13.5. The first-order valence-electron chi connectivity index (χ1n) is 7.98. The molecular weight excluding hydrogens is 323 g/mol. The van der Waals surface area contributed by atoms with Crippen LogP contribution >= 0.6 is 24.8 Å². The van der Waals surface area contributed by atoms with Gasteiger partial charge in [-0.3, -0.25) is 4.90 Å². The van der Waals surface area contributed by atoms with E-state index in [1.54, 1.807) is 0 Å². The third kappa shape index (κ3) is 5.08. The van der Waals surface area contributed by atoms with Crippen LogP contribution < -0.4 is 5.32 Å². The summed E-state index contributed by atoms with van der Waals surface area (Å²) in [6.45, 7) is 8.69.